The summed E-state index contributed by atoms with van der Waals surface area (Å²) >= 11 is 0. The molecule has 0 fully saturated rings. The molecule has 0 aliphatic carbocycles. The van der Waals surface area contributed by atoms with E-state index in [0.29, 0.717) is 0 Å². The smallest absolute Gasteiger partial charge is 0.0649 e. The Kier molecular flexibility index (Phi) is 4.84. The molecule has 3 nitrogen and oxygen atoms in total. The third kappa shape index (κ3) is 4.18. The average molecular weight is 285 g/mol. The summed E-state index contributed by atoms with van der Waals surface area (Å²) in [6.45, 7) is 11.8. The van der Waals surface area contributed by atoms with E-state index in [0.717, 1.165) is 25.1 Å². The van der Waals surface area contributed by atoms with Crippen LogP contribution in [0.1, 0.15) is 50.9 Å². The number of hydrogen-bond acceptors (Lipinski definition) is 2. The van der Waals surface area contributed by atoms with Gasteiger partial charge in [0.1, 0.15) is 0 Å². The molecule has 0 aliphatic heterocycles. The third-order valence-electron chi connectivity index (χ3n) is 3.53. The highest BCUT2D eigenvalue weighted by Gasteiger charge is 2.14. The molecule has 0 amide bonds. The molecule has 1 aromatic heterocycles. The Morgan fingerprint density at radius 2 is 1.81 bits per heavy atom. The number of rotatable bonds is 5. The van der Waals surface area contributed by atoms with Gasteiger partial charge in [0.05, 0.1) is 11.9 Å². The predicted molar refractivity (Wildman–Crippen MR) is 88.9 cm³/mol. The molecule has 0 saturated carbocycles. The van der Waals surface area contributed by atoms with Gasteiger partial charge in [0, 0.05) is 23.3 Å². The van der Waals surface area contributed by atoms with Crippen LogP contribution in [-0.2, 0) is 13.0 Å². The molecule has 0 saturated heterocycles. The molecule has 1 N–H and O–H groups in total. The van der Waals surface area contributed by atoms with Crippen molar-refractivity contribution in [2.45, 2.75) is 59.5 Å². The summed E-state index contributed by atoms with van der Waals surface area (Å²) in [5, 5.41) is 8.17. The van der Waals surface area contributed by atoms with Crippen molar-refractivity contribution in [1.29, 1.82) is 0 Å². The Bertz CT molecular complexity index is 574. The molecular formula is C18H27N3. The van der Waals surface area contributed by atoms with Crippen molar-refractivity contribution in [2.75, 3.05) is 0 Å². The summed E-state index contributed by atoms with van der Waals surface area (Å²) in [4.78, 5) is 0. The second kappa shape index (κ2) is 6.44. The van der Waals surface area contributed by atoms with Crippen molar-refractivity contribution < 1.29 is 0 Å². The lowest BCUT2D eigenvalue weighted by molar-refractivity contribution is 0.423. The maximum absolute atomic E-state index is 4.61. The average Bonchev–Trinajstić information content (AvgIpc) is 2.80. The van der Waals surface area contributed by atoms with Gasteiger partial charge in [-0.2, -0.15) is 5.10 Å². The zero-order valence-corrected chi connectivity index (χ0v) is 13.9. The second-order valence-electron chi connectivity index (χ2n) is 6.72. The van der Waals surface area contributed by atoms with Crippen LogP contribution in [0, 0.1) is 6.92 Å². The van der Waals surface area contributed by atoms with E-state index in [9.17, 15) is 0 Å². The highest BCUT2D eigenvalue weighted by molar-refractivity contribution is 5.37. The first kappa shape index (κ1) is 15.8. The molecule has 0 aliphatic rings. The maximum Gasteiger partial charge on any atom is 0.0649 e. The van der Waals surface area contributed by atoms with Crippen molar-refractivity contribution in [3.63, 3.8) is 0 Å². The van der Waals surface area contributed by atoms with Gasteiger partial charge in [-0.15, -0.1) is 0 Å². The van der Waals surface area contributed by atoms with E-state index in [2.05, 4.69) is 74.0 Å². The number of hydrogen-bond donors (Lipinski definition) is 1. The van der Waals surface area contributed by atoms with E-state index in [4.69, 9.17) is 0 Å². The summed E-state index contributed by atoms with van der Waals surface area (Å²) in [6, 6.07) is 8.56. The Labute approximate surface area is 128 Å². The molecule has 0 bridgehead atoms. The number of nitrogens with one attached hydrogen (secondary N) is 1. The van der Waals surface area contributed by atoms with E-state index in [-0.39, 0.29) is 5.54 Å². The Morgan fingerprint density at radius 1 is 1.14 bits per heavy atom. The molecular weight excluding hydrogens is 258 g/mol. The highest BCUT2D eigenvalue weighted by atomic mass is 15.3. The Hall–Kier alpha value is -1.61. The van der Waals surface area contributed by atoms with Crippen LogP contribution >= 0.6 is 0 Å². The van der Waals surface area contributed by atoms with E-state index in [1.54, 1.807) is 0 Å². The van der Waals surface area contributed by atoms with Crippen molar-refractivity contribution in [1.82, 2.24) is 15.1 Å². The standard InChI is InChI=1S/C18H27N3/c1-6-7-17-15(12-19-18(3,4)5)13-20-21(17)16-10-8-14(2)9-11-16/h8-11,13,19H,6-7,12H2,1-5H3. The maximum atomic E-state index is 4.61. The van der Waals surface area contributed by atoms with E-state index in [1.165, 1.54) is 16.8 Å². The van der Waals surface area contributed by atoms with E-state index < -0.39 is 0 Å². The van der Waals surface area contributed by atoms with Gasteiger partial charge in [-0.3, -0.25) is 0 Å². The van der Waals surface area contributed by atoms with E-state index in [1.807, 2.05) is 6.20 Å². The van der Waals surface area contributed by atoms with Crippen LogP contribution < -0.4 is 5.32 Å². The lowest BCUT2D eigenvalue weighted by Gasteiger charge is -2.20. The lowest BCUT2D eigenvalue weighted by atomic mass is 10.1. The SMILES string of the molecule is CCCc1c(CNC(C)(C)C)cnn1-c1ccc(C)cc1. The fourth-order valence-corrected chi connectivity index (χ4v) is 2.33. The lowest BCUT2D eigenvalue weighted by Crippen LogP contribution is -2.35. The summed E-state index contributed by atoms with van der Waals surface area (Å²) in [5.41, 5.74) is 5.16. The number of benzene rings is 1. The molecule has 2 aromatic rings. The van der Waals surface area contributed by atoms with Crippen LogP contribution in [-0.4, -0.2) is 15.3 Å². The first-order valence-corrected chi connectivity index (χ1v) is 7.78. The molecule has 114 valence electrons. The molecule has 3 heteroatoms. The molecule has 21 heavy (non-hydrogen) atoms. The van der Waals surface area contributed by atoms with Gasteiger partial charge in [0.15, 0.2) is 0 Å². The van der Waals surface area contributed by atoms with Crippen LogP contribution in [0.15, 0.2) is 30.5 Å². The summed E-state index contributed by atoms with van der Waals surface area (Å²) in [6.07, 6.45) is 4.18. The first-order chi connectivity index (χ1) is 9.90. The quantitative estimate of drug-likeness (QED) is 0.899. The minimum absolute atomic E-state index is 0.120. The summed E-state index contributed by atoms with van der Waals surface area (Å²) < 4.78 is 2.09. The Balaban J connectivity index is 2.29. The zero-order chi connectivity index (χ0) is 15.5. The molecule has 0 unspecified atom stereocenters. The number of nitrogens with zero attached hydrogens (tertiary/aromatic N) is 2. The molecule has 0 radical (unpaired) electrons. The number of aryl methyl sites for hydroxylation is 1. The third-order valence-corrected chi connectivity index (χ3v) is 3.53. The van der Waals surface area contributed by atoms with Gasteiger partial charge < -0.3 is 5.32 Å². The van der Waals surface area contributed by atoms with Crippen LogP contribution in [0.3, 0.4) is 0 Å². The monoisotopic (exact) mass is 285 g/mol. The first-order valence-electron chi connectivity index (χ1n) is 7.78. The summed E-state index contributed by atoms with van der Waals surface area (Å²) in [5.74, 6) is 0. The molecule has 1 heterocycles. The predicted octanol–water partition coefficient (Wildman–Crippen LogP) is 4.02. The molecule has 2 rings (SSSR count). The number of aromatic nitrogens is 2. The van der Waals surface area contributed by atoms with Crippen LogP contribution in [0.4, 0.5) is 0 Å². The Morgan fingerprint density at radius 3 is 2.38 bits per heavy atom. The second-order valence-corrected chi connectivity index (χ2v) is 6.72. The van der Waals surface area contributed by atoms with Gasteiger partial charge in [-0.1, -0.05) is 31.0 Å². The normalized spacial score (nSPS) is 11.9. The highest BCUT2D eigenvalue weighted by Crippen LogP contribution is 2.18. The van der Waals surface area contributed by atoms with Gasteiger partial charge in [0.25, 0.3) is 0 Å². The van der Waals surface area contributed by atoms with Gasteiger partial charge in [-0.25, -0.2) is 4.68 Å². The van der Waals surface area contributed by atoms with Crippen molar-refractivity contribution in [3.8, 4) is 5.69 Å². The van der Waals surface area contributed by atoms with Crippen molar-refractivity contribution in [2.24, 2.45) is 0 Å². The van der Waals surface area contributed by atoms with Crippen molar-refractivity contribution >= 4 is 0 Å². The van der Waals surface area contributed by atoms with Crippen molar-refractivity contribution in [3.05, 3.63) is 47.3 Å². The van der Waals surface area contributed by atoms with E-state index >= 15 is 0 Å². The molecule has 0 spiro atoms. The van der Waals surface area contributed by atoms with Gasteiger partial charge in [0.2, 0.25) is 0 Å². The fraction of sp³-hybridized carbons (Fsp3) is 0.500. The van der Waals surface area contributed by atoms with Crippen LogP contribution in [0.25, 0.3) is 5.69 Å². The van der Waals surface area contributed by atoms with Crippen LogP contribution in [0.5, 0.6) is 0 Å². The largest absolute Gasteiger partial charge is 0.308 e. The van der Waals surface area contributed by atoms with Crippen LogP contribution in [0.2, 0.25) is 0 Å². The molecule has 0 atom stereocenters. The molecule has 1 aromatic carbocycles. The topological polar surface area (TPSA) is 29.9 Å². The van der Waals surface area contributed by atoms with Gasteiger partial charge >= 0.3 is 0 Å². The minimum atomic E-state index is 0.120. The zero-order valence-electron chi connectivity index (χ0n) is 13.9. The van der Waals surface area contributed by atoms with Gasteiger partial charge in [-0.05, 0) is 46.2 Å². The fourth-order valence-electron chi connectivity index (χ4n) is 2.33. The summed E-state index contributed by atoms with van der Waals surface area (Å²) in [7, 11) is 0. The minimum Gasteiger partial charge on any atom is -0.308 e.